The van der Waals surface area contributed by atoms with E-state index in [9.17, 15) is 13.2 Å². The molecule has 0 radical (unpaired) electrons. The van der Waals surface area contributed by atoms with Crippen molar-refractivity contribution in [2.45, 2.75) is 57.4 Å². The van der Waals surface area contributed by atoms with E-state index in [2.05, 4.69) is 12.2 Å². The molecule has 1 aromatic carbocycles. The van der Waals surface area contributed by atoms with Gasteiger partial charge in [-0.2, -0.15) is 4.31 Å². The fourth-order valence-electron chi connectivity index (χ4n) is 3.10. The van der Waals surface area contributed by atoms with E-state index in [0.717, 1.165) is 24.8 Å². The molecule has 0 saturated carbocycles. The second-order valence-electron chi connectivity index (χ2n) is 6.71. The van der Waals surface area contributed by atoms with Crippen molar-refractivity contribution in [3.8, 4) is 0 Å². The number of piperidine rings is 1. The van der Waals surface area contributed by atoms with Gasteiger partial charge >= 0.3 is 0 Å². The molecule has 6 heteroatoms. The van der Waals surface area contributed by atoms with Gasteiger partial charge in [-0.05, 0) is 45.2 Å². The van der Waals surface area contributed by atoms with Crippen LogP contribution in [-0.4, -0.2) is 37.8 Å². The maximum absolute atomic E-state index is 12.8. The third-order valence-corrected chi connectivity index (χ3v) is 6.40. The van der Waals surface area contributed by atoms with Gasteiger partial charge in [-0.1, -0.05) is 31.0 Å². The number of carbonyl (C=O) groups is 1. The molecule has 5 nitrogen and oxygen atoms in total. The number of aryl methyl sites for hydroxylation is 1. The summed E-state index contributed by atoms with van der Waals surface area (Å²) in [6.07, 6.45) is 3.40. The van der Waals surface area contributed by atoms with Crippen molar-refractivity contribution >= 4 is 15.9 Å². The second kappa shape index (κ2) is 8.12. The zero-order valence-corrected chi connectivity index (χ0v) is 15.6. The van der Waals surface area contributed by atoms with Crippen LogP contribution in [0.4, 0.5) is 0 Å². The van der Waals surface area contributed by atoms with Crippen LogP contribution in [-0.2, 0) is 14.8 Å². The SMILES string of the molecule is CCC[C@@H](C)NC(=O)[C@@H]1CCCN(S(=O)(=O)c2ccc(C)cc2)C1. The van der Waals surface area contributed by atoms with Crippen LogP contribution in [0.1, 0.15) is 45.1 Å². The number of carbonyl (C=O) groups excluding carboxylic acids is 1. The average molecular weight is 353 g/mol. The molecule has 1 aliphatic rings. The molecule has 0 aliphatic carbocycles. The van der Waals surface area contributed by atoms with Gasteiger partial charge < -0.3 is 5.32 Å². The smallest absolute Gasteiger partial charge is 0.243 e. The van der Waals surface area contributed by atoms with Crippen LogP contribution in [0.25, 0.3) is 0 Å². The monoisotopic (exact) mass is 352 g/mol. The number of hydrogen-bond donors (Lipinski definition) is 1. The van der Waals surface area contributed by atoms with Crippen LogP contribution in [0.2, 0.25) is 0 Å². The van der Waals surface area contributed by atoms with Crippen LogP contribution < -0.4 is 5.32 Å². The number of benzene rings is 1. The molecule has 0 spiro atoms. The van der Waals surface area contributed by atoms with E-state index in [-0.39, 0.29) is 24.4 Å². The van der Waals surface area contributed by atoms with Gasteiger partial charge in [0, 0.05) is 19.1 Å². The summed E-state index contributed by atoms with van der Waals surface area (Å²) in [5.41, 5.74) is 1.02. The van der Waals surface area contributed by atoms with E-state index in [1.54, 1.807) is 24.3 Å². The van der Waals surface area contributed by atoms with E-state index in [0.29, 0.717) is 17.9 Å². The van der Waals surface area contributed by atoms with Gasteiger partial charge in [0.15, 0.2) is 0 Å². The minimum atomic E-state index is -3.53. The Balaban J connectivity index is 2.07. The van der Waals surface area contributed by atoms with Crippen molar-refractivity contribution in [2.24, 2.45) is 5.92 Å². The zero-order chi connectivity index (χ0) is 17.7. The van der Waals surface area contributed by atoms with E-state index < -0.39 is 10.0 Å². The summed E-state index contributed by atoms with van der Waals surface area (Å²) >= 11 is 0. The Bertz CT molecular complexity index is 655. The predicted octanol–water partition coefficient (Wildman–Crippen LogP) is 2.70. The molecule has 1 N–H and O–H groups in total. The lowest BCUT2D eigenvalue weighted by atomic mass is 9.98. The molecular formula is C18H28N2O3S. The van der Waals surface area contributed by atoms with E-state index in [1.807, 2.05) is 13.8 Å². The molecule has 0 bridgehead atoms. The van der Waals surface area contributed by atoms with Gasteiger partial charge in [0.2, 0.25) is 15.9 Å². The Morgan fingerprint density at radius 2 is 2.00 bits per heavy atom. The average Bonchev–Trinajstić information content (AvgIpc) is 2.55. The number of nitrogens with one attached hydrogen (secondary N) is 1. The Hall–Kier alpha value is -1.40. The third kappa shape index (κ3) is 4.57. The van der Waals surface area contributed by atoms with Crippen molar-refractivity contribution in [3.63, 3.8) is 0 Å². The molecule has 0 unspecified atom stereocenters. The van der Waals surface area contributed by atoms with Gasteiger partial charge in [-0.15, -0.1) is 0 Å². The van der Waals surface area contributed by atoms with Gasteiger partial charge in [0.05, 0.1) is 10.8 Å². The first-order valence-electron chi connectivity index (χ1n) is 8.71. The van der Waals surface area contributed by atoms with Gasteiger partial charge in [-0.25, -0.2) is 8.42 Å². The number of hydrogen-bond acceptors (Lipinski definition) is 3. The Morgan fingerprint density at radius 3 is 2.62 bits per heavy atom. The molecule has 0 aromatic heterocycles. The van der Waals surface area contributed by atoms with Gasteiger partial charge in [-0.3, -0.25) is 4.79 Å². The first-order chi connectivity index (χ1) is 11.3. The van der Waals surface area contributed by atoms with Crippen LogP contribution in [0.3, 0.4) is 0 Å². The molecule has 2 rings (SSSR count). The quantitative estimate of drug-likeness (QED) is 0.856. The van der Waals surface area contributed by atoms with Crippen molar-refractivity contribution in [1.82, 2.24) is 9.62 Å². The summed E-state index contributed by atoms with van der Waals surface area (Å²) < 4.78 is 27.0. The molecule has 24 heavy (non-hydrogen) atoms. The molecule has 2 atom stereocenters. The first-order valence-corrected chi connectivity index (χ1v) is 10.2. The number of rotatable bonds is 6. The topological polar surface area (TPSA) is 66.5 Å². The lowest BCUT2D eigenvalue weighted by Gasteiger charge is -2.31. The summed E-state index contributed by atoms with van der Waals surface area (Å²) in [7, 11) is -3.53. The number of nitrogens with zero attached hydrogens (tertiary/aromatic N) is 1. The lowest BCUT2D eigenvalue weighted by Crippen LogP contribution is -2.47. The summed E-state index contributed by atoms with van der Waals surface area (Å²) in [6.45, 7) is 6.74. The Morgan fingerprint density at radius 1 is 1.33 bits per heavy atom. The summed E-state index contributed by atoms with van der Waals surface area (Å²) in [4.78, 5) is 12.7. The number of sulfonamides is 1. The molecule has 1 saturated heterocycles. The minimum Gasteiger partial charge on any atom is -0.353 e. The molecule has 1 aliphatic heterocycles. The highest BCUT2D eigenvalue weighted by Gasteiger charge is 2.33. The molecule has 1 heterocycles. The van der Waals surface area contributed by atoms with Crippen molar-refractivity contribution in [2.75, 3.05) is 13.1 Å². The normalized spacial score (nSPS) is 20.5. The van der Waals surface area contributed by atoms with Gasteiger partial charge in [0.25, 0.3) is 0 Å². The summed E-state index contributed by atoms with van der Waals surface area (Å²) in [6, 6.07) is 7.00. The minimum absolute atomic E-state index is 0.0280. The number of amides is 1. The van der Waals surface area contributed by atoms with Crippen LogP contribution in [0.15, 0.2) is 29.2 Å². The van der Waals surface area contributed by atoms with Crippen LogP contribution >= 0.6 is 0 Å². The third-order valence-electron chi connectivity index (χ3n) is 4.52. The highest BCUT2D eigenvalue weighted by atomic mass is 32.2. The van der Waals surface area contributed by atoms with E-state index in [1.165, 1.54) is 4.31 Å². The maximum atomic E-state index is 12.8. The standard InChI is InChI=1S/C18H28N2O3S/c1-4-6-15(3)19-18(21)16-7-5-12-20(13-16)24(22,23)17-10-8-14(2)9-11-17/h8-11,15-16H,4-7,12-13H2,1-3H3,(H,19,21)/t15-,16-/m1/s1. The molecular weight excluding hydrogens is 324 g/mol. The van der Waals surface area contributed by atoms with E-state index in [4.69, 9.17) is 0 Å². The van der Waals surface area contributed by atoms with Crippen molar-refractivity contribution < 1.29 is 13.2 Å². The lowest BCUT2D eigenvalue weighted by molar-refractivity contribution is -0.126. The highest BCUT2D eigenvalue weighted by molar-refractivity contribution is 7.89. The molecule has 1 aromatic rings. The summed E-state index contributed by atoms with van der Waals surface area (Å²) in [5, 5.41) is 3.01. The zero-order valence-electron chi connectivity index (χ0n) is 14.8. The van der Waals surface area contributed by atoms with Crippen molar-refractivity contribution in [1.29, 1.82) is 0 Å². The summed E-state index contributed by atoms with van der Waals surface area (Å²) in [5.74, 6) is -0.293. The Labute approximate surface area is 145 Å². The molecule has 1 amide bonds. The molecule has 134 valence electrons. The van der Waals surface area contributed by atoms with Crippen LogP contribution in [0.5, 0.6) is 0 Å². The predicted molar refractivity (Wildman–Crippen MR) is 95.2 cm³/mol. The van der Waals surface area contributed by atoms with Crippen molar-refractivity contribution in [3.05, 3.63) is 29.8 Å². The fourth-order valence-corrected chi connectivity index (χ4v) is 4.62. The first kappa shape index (κ1) is 18.9. The maximum Gasteiger partial charge on any atom is 0.243 e. The largest absolute Gasteiger partial charge is 0.353 e. The molecule has 1 fully saturated rings. The Kier molecular flexibility index (Phi) is 6.40. The second-order valence-corrected chi connectivity index (χ2v) is 8.65. The fraction of sp³-hybridized carbons (Fsp3) is 0.611. The van der Waals surface area contributed by atoms with E-state index >= 15 is 0 Å². The van der Waals surface area contributed by atoms with Crippen LogP contribution in [0, 0.1) is 12.8 Å². The van der Waals surface area contributed by atoms with Gasteiger partial charge in [0.1, 0.15) is 0 Å². The highest BCUT2D eigenvalue weighted by Crippen LogP contribution is 2.24.